The summed E-state index contributed by atoms with van der Waals surface area (Å²) in [5.74, 6) is 11.1. The van der Waals surface area contributed by atoms with Gasteiger partial charge < -0.3 is 31.9 Å². The predicted octanol–water partition coefficient (Wildman–Crippen LogP) is 21.0. The fraction of sp³-hybridized carbons (Fsp3) is 0.947. The van der Waals surface area contributed by atoms with Gasteiger partial charge in [-0.1, -0.05) is 83.1 Å². The van der Waals surface area contributed by atoms with E-state index in [9.17, 15) is 80.6 Å². The molecule has 0 radical (unpaired) electrons. The number of hydrogen-bond donors (Lipinski definition) is 10. The van der Waals surface area contributed by atoms with Crippen LogP contribution in [-0.4, -0.2) is 150 Å². The molecular formula is C113H190N6O22S4. The Morgan fingerprint density at radius 3 is 0.731 bits per heavy atom. The maximum absolute atomic E-state index is 14.5. The second kappa shape index (κ2) is 46.0. The summed E-state index contributed by atoms with van der Waals surface area (Å²) < 4.78 is 153. The Bertz CT molecular complexity index is 4680. The number of nitrogens with one attached hydrogen (secondary N) is 6. The minimum atomic E-state index is -4.52. The van der Waals surface area contributed by atoms with E-state index in [4.69, 9.17) is 16.7 Å². The Balaban J connectivity index is 0.502. The van der Waals surface area contributed by atoms with E-state index in [0.717, 1.165) is 167 Å². The molecule has 0 bridgehead atoms. The molecule has 16 rings (SSSR count). The normalized spacial score (nSPS) is 41.7. The van der Waals surface area contributed by atoms with Gasteiger partial charge in [-0.25, -0.2) is 16.7 Å². The molecule has 145 heavy (non-hydrogen) atoms. The quantitative estimate of drug-likeness (QED) is 0.0200. The van der Waals surface area contributed by atoms with Gasteiger partial charge in [0.2, 0.25) is 35.4 Å². The lowest BCUT2D eigenvalue weighted by molar-refractivity contribution is -0.130. The van der Waals surface area contributed by atoms with Crippen molar-refractivity contribution in [3.8, 4) is 0 Å². The van der Waals surface area contributed by atoms with E-state index in [2.05, 4.69) is 115 Å². The minimum absolute atomic E-state index is 0.0286. The second-order valence-electron chi connectivity index (χ2n) is 53.9. The predicted molar refractivity (Wildman–Crippen MR) is 558 cm³/mol. The molecule has 0 unspecified atom stereocenters. The molecule has 0 heterocycles. The number of carbonyl (C=O) groups excluding carboxylic acids is 6. The largest absolute Gasteiger partial charge is 0.397 e. The fourth-order valence-electron chi connectivity index (χ4n) is 39.8. The first-order valence-corrected chi connectivity index (χ1v) is 64.1. The van der Waals surface area contributed by atoms with E-state index in [1.807, 2.05) is 0 Å². The van der Waals surface area contributed by atoms with Crippen LogP contribution >= 0.6 is 0 Å². The van der Waals surface area contributed by atoms with Gasteiger partial charge in [0.25, 0.3) is 0 Å². The molecule has 0 saturated heterocycles. The van der Waals surface area contributed by atoms with Gasteiger partial charge in [0.15, 0.2) is 0 Å². The summed E-state index contributed by atoms with van der Waals surface area (Å²) in [6, 6.07) is -1.57. The van der Waals surface area contributed by atoms with Crippen molar-refractivity contribution in [3.05, 3.63) is 0 Å². The molecule has 16 aliphatic carbocycles. The van der Waals surface area contributed by atoms with Crippen LogP contribution in [0.5, 0.6) is 0 Å². The van der Waals surface area contributed by atoms with Gasteiger partial charge in [0, 0.05) is 51.9 Å². The maximum Gasteiger partial charge on any atom is 0.397 e. The Morgan fingerprint density at radius 1 is 0.262 bits per heavy atom. The first kappa shape index (κ1) is 114. The molecule has 0 aromatic carbocycles. The maximum atomic E-state index is 14.5. The van der Waals surface area contributed by atoms with Crippen LogP contribution in [0.15, 0.2) is 0 Å². The number of rotatable bonds is 44. The Morgan fingerprint density at radius 2 is 0.483 bits per heavy atom. The molecule has 16 fully saturated rings. The smallest absolute Gasteiger partial charge is 0.356 e. The molecule has 0 aromatic heterocycles. The third-order valence-electron chi connectivity index (χ3n) is 47.1. The highest BCUT2D eigenvalue weighted by atomic mass is 32.3. The van der Waals surface area contributed by atoms with Crippen molar-refractivity contribution in [2.24, 2.45) is 185 Å². The number of unbranched alkanes of at least 4 members (excludes halogenated alkanes) is 4. The molecule has 0 spiro atoms. The van der Waals surface area contributed by atoms with Crippen molar-refractivity contribution < 1.29 is 97.4 Å². The zero-order valence-corrected chi connectivity index (χ0v) is 93.7. The molecule has 0 aromatic rings. The summed E-state index contributed by atoms with van der Waals surface area (Å²) in [6.45, 7) is 30.8. The molecule has 6 amide bonds. The van der Waals surface area contributed by atoms with Gasteiger partial charge >= 0.3 is 41.6 Å². The summed E-state index contributed by atoms with van der Waals surface area (Å²) in [5.41, 5.74) is 1.11. The molecule has 828 valence electrons. The van der Waals surface area contributed by atoms with Crippen LogP contribution in [0.1, 0.15) is 423 Å². The van der Waals surface area contributed by atoms with Crippen LogP contribution in [0.3, 0.4) is 0 Å². The average Bonchev–Trinajstić information content (AvgIpc) is 1.59. The Hall–Kier alpha value is -3.70. The summed E-state index contributed by atoms with van der Waals surface area (Å²) in [7, 11) is -18.1. The fourth-order valence-corrected chi connectivity index (χ4v) is 41.9. The van der Waals surface area contributed by atoms with Gasteiger partial charge in [0.05, 0.1) is 24.4 Å². The van der Waals surface area contributed by atoms with Crippen molar-refractivity contribution in [2.45, 2.75) is 460 Å². The van der Waals surface area contributed by atoms with Gasteiger partial charge in [-0.05, 0) is 500 Å². The van der Waals surface area contributed by atoms with Gasteiger partial charge in [0.1, 0.15) is 12.1 Å². The minimum Gasteiger partial charge on any atom is -0.356 e. The molecule has 38 atom stereocenters. The number of amides is 6. The summed E-state index contributed by atoms with van der Waals surface area (Å²) in [6.07, 6.45) is 43.6. The van der Waals surface area contributed by atoms with E-state index < -0.39 is 78.1 Å². The van der Waals surface area contributed by atoms with Gasteiger partial charge in [-0.2, -0.15) is 33.7 Å². The highest BCUT2D eigenvalue weighted by Gasteiger charge is 2.67. The molecule has 32 heteroatoms. The first-order valence-electron chi connectivity index (χ1n) is 58.7. The zero-order chi connectivity index (χ0) is 104. The van der Waals surface area contributed by atoms with Crippen molar-refractivity contribution in [1.82, 2.24) is 31.9 Å². The molecule has 16 aliphatic rings. The highest BCUT2D eigenvalue weighted by Crippen LogP contribution is 2.75. The van der Waals surface area contributed by atoms with Crippen molar-refractivity contribution in [2.75, 3.05) is 26.2 Å². The monoisotopic (exact) mass is 2110 g/mol. The van der Waals surface area contributed by atoms with E-state index in [0.29, 0.717) is 304 Å². The van der Waals surface area contributed by atoms with Crippen LogP contribution in [0.2, 0.25) is 0 Å². The third kappa shape index (κ3) is 25.2. The summed E-state index contributed by atoms with van der Waals surface area (Å²) in [5, 5.41) is 19.2. The van der Waals surface area contributed by atoms with Gasteiger partial charge in [-0.3, -0.25) is 47.0 Å². The van der Waals surface area contributed by atoms with Crippen LogP contribution in [-0.2, 0) is 87.1 Å². The van der Waals surface area contributed by atoms with Crippen molar-refractivity contribution in [1.29, 1.82) is 0 Å². The van der Waals surface area contributed by atoms with Crippen LogP contribution < -0.4 is 31.9 Å². The summed E-state index contributed by atoms with van der Waals surface area (Å²) >= 11 is 0. The average molecular weight is 2110 g/mol. The van der Waals surface area contributed by atoms with E-state index in [1.165, 1.54) is 25.7 Å². The third-order valence-corrected chi connectivity index (χ3v) is 49.1. The van der Waals surface area contributed by atoms with E-state index in [1.54, 1.807) is 0 Å². The van der Waals surface area contributed by atoms with E-state index >= 15 is 0 Å². The van der Waals surface area contributed by atoms with Gasteiger partial charge in [-0.15, -0.1) is 0 Å². The molecule has 0 aliphatic heterocycles. The second-order valence-corrected chi connectivity index (χ2v) is 58.1. The molecule has 16 saturated carbocycles. The molecule has 10 N–H and O–H groups in total. The topological polar surface area (TPSA) is 429 Å². The molecule has 28 nitrogen and oxygen atoms in total. The SMILES string of the molecule is C[C@H](CCC(=O)NCCCC[C@H](NC(=O)CC[C@@H](C)[C@H]1CC[C@H]2[C@@H]3CC[C@@H]4C[C@H](OS(=O)(=O)O)CC[C@]4(C)[C@H]3CC[C@]12C)C(=O)NCCCCCNC(=O)[C@H](CCCCNC(=O)CC[C@@H](C)[C@H]1CC[C@H]2[C@@H]3CC[C@@H]4C[C@H](OS(=O)(=O)O)CC[C@]4(C)[C@H]3CC[C@]12C)NC(=O)CC[C@@H](C)[C@H]1CC[C@H]2[C@@H]3CC[C@@H]4C[C@H](OS(=O)(=O)O)CC[C@]4(C)[C@H]3CC[C@]12C)[C@H]1CC[C@H]2[C@@H]3CC[C@@H]4C[C@H](OS(=O)(=O)O)CC[C@]4(C)[C@H]3CC[C@]12C. The van der Waals surface area contributed by atoms with Crippen LogP contribution in [0, 0.1) is 185 Å². The molecular weight excluding hydrogens is 1920 g/mol. The van der Waals surface area contributed by atoms with Crippen molar-refractivity contribution >= 4 is 77.0 Å². The number of carbonyl (C=O) groups is 6. The zero-order valence-electron chi connectivity index (χ0n) is 90.4. The number of hydrogen-bond acceptors (Lipinski definition) is 18. The lowest BCUT2D eigenvalue weighted by Gasteiger charge is -2.61. The standard InChI is InChI=1S/C113H190N6O22S4/c1-70(86-34-38-90-82-30-26-74-66-78(138-142(126,127)128)46-54-106(74,5)94(82)50-58-110(86,90)9)22-42-100(120)114-62-18-14-20-98(118-102(122)44-24-72(3)88-36-40-92-84-32-28-76-68-80(140-144(132,133)134)48-56-108(76,7)96(84)52-60-112(88,92)11)104(124)116-64-16-13-17-65-117-105(125)99(119-103(123)45-25-73(4)89-37-41-93-85-33-29-77-69-81(141-145(135,136)137)49-57-109(77,8)97(85)53-61-113(89,93)12)21-15-19-63-115-101(121)43-23-71(2)87-35-39-91-83-31-27-75-67-79(139-143(129,130)131)47-55-107(75,6)95(83)51-59-111(87,91)10/h70-99H,13-69H2,1-12H3,(H,114,120)(H,115,121)(H,116,124)(H,117,125)(H,118,122)(H,119,123)(H,126,127,128)(H,129,130,131)(H,132,133,134)(H,135,136,137)/t70-,71-,72-,73-,74-,75-,76-,77-,78-,79-,80-,81-,82+,83+,84+,85+,86-,87-,88-,89-,90+,91+,92+,93+,94+,95+,96+,97+,98+,99+,106+,107+,108+,109+,110-,111-,112-,113-/m1/s1. The Kier molecular flexibility index (Phi) is 36.1. The Labute approximate surface area is 872 Å². The van der Waals surface area contributed by atoms with Crippen molar-refractivity contribution in [3.63, 3.8) is 0 Å². The van der Waals surface area contributed by atoms with Crippen LogP contribution in [0.4, 0.5) is 0 Å². The van der Waals surface area contributed by atoms with E-state index in [-0.39, 0.29) is 90.6 Å². The number of fused-ring (bicyclic) bond motifs is 20. The summed E-state index contributed by atoms with van der Waals surface area (Å²) in [4.78, 5) is 85.4. The first-order chi connectivity index (χ1) is 68.3. The lowest BCUT2D eigenvalue weighted by atomic mass is 9.44. The lowest BCUT2D eigenvalue weighted by Crippen LogP contribution is -2.54. The highest BCUT2D eigenvalue weighted by molar-refractivity contribution is 7.81. The van der Waals surface area contributed by atoms with Crippen LogP contribution in [0.25, 0.3) is 0 Å².